The predicted molar refractivity (Wildman–Crippen MR) is 80.2 cm³/mol. The maximum atomic E-state index is 11.3. The summed E-state index contributed by atoms with van der Waals surface area (Å²) in [6, 6.07) is 5.42. The highest BCUT2D eigenvalue weighted by molar-refractivity contribution is 5.76. The van der Waals surface area contributed by atoms with Crippen LogP contribution < -0.4 is 14.8 Å². The number of hydrogen-bond acceptors (Lipinski definition) is 4. The Bertz CT molecular complexity index is 483. The van der Waals surface area contributed by atoms with Gasteiger partial charge in [0.05, 0.1) is 13.0 Å². The summed E-state index contributed by atoms with van der Waals surface area (Å²) in [5.41, 5.74) is 0.750. The third kappa shape index (κ3) is 3.88. The van der Waals surface area contributed by atoms with Crippen LogP contribution >= 0.6 is 0 Å². The second-order valence-corrected chi connectivity index (χ2v) is 5.28. The molecule has 0 spiro atoms. The van der Waals surface area contributed by atoms with Gasteiger partial charge in [-0.25, -0.2) is 0 Å². The Balaban J connectivity index is 2.17. The van der Waals surface area contributed by atoms with E-state index in [9.17, 15) is 9.90 Å². The summed E-state index contributed by atoms with van der Waals surface area (Å²) in [6.07, 6.45) is 2.68. The number of piperidine rings is 1. The van der Waals surface area contributed by atoms with E-state index in [0.29, 0.717) is 17.9 Å². The number of carboxylic acid groups (broad SMARTS) is 1. The molecule has 0 bridgehead atoms. The molecule has 2 N–H and O–H groups in total. The Labute approximate surface area is 125 Å². The lowest BCUT2D eigenvalue weighted by molar-refractivity contribution is -0.138. The van der Waals surface area contributed by atoms with Crippen molar-refractivity contribution >= 4 is 5.97 Å². The lowest BCUT2D eigenvalue weighted by atomic mass is 9.96. The molecule has 1 saturated heterocycles. The van der Waals surface area contributed by atoms with Crippen LogP contribution in [0.5, 0.6) is 11.5 Å². The molecule has 0 saturated carbocycles. The van der Waals surface area contributed by atoms with Crippen molar-refractivity contribution in [1.82, 2.24) is 5.32 Å². The largest absolute Gasteiger partial charge is 0.493 e. The van der Waals surface area contributed by atoms with Crippen LogP contribution in [0.3, 0.4) is 0 Å². The lowest BCUT2D eigenvalue weighted by Crippen LogP contribution is -2.34. The van der Waals surface area contributed by atoms with E-state index in [0.717, 1.165) is 31.5 Å². The molecule has 1 unspecified atom stereocenters. The normalized spacial score (nSPS) is 17.2. The van der Waals surface area contributed by atoms with Gasteiger partial charge in [-0.05, 0) is 50.0 Å². The third-order valence-electron chi connectivity index (χ3n) is 3.88. The Morgan fingerprint density at radius 1 is 1.38 bits per heavy atom. The molecule has 5 nitrogen and oxygen atoms in total. The molecule has 21 heavy (non-hydrogen) atoms. The van der Waals surface area contributed by atoms with E-state index in [2.05, 4.69) is 5.32 Å². The van der Waals surface area contributed by atoms with E-state index in [4.69, 9.17) is 9.47 Å². The first-order chi connectivity index (χ1) is 10.2. The van der Waals surface area contributed by atoms with E-state index in [-0.39, 0.29) is 6.10 Å². The maximum absolute atomic E-state index is 11.3. The Morgan fingerprint density at radius 2 is 2.10 bits per heavy atom. The Kier molecular flexibility index (Phi) is 5.44. The van der Waals surface area contributed by atoms with Crippen LogP contribution in [0.4, 0.5) is 0 Å². The number of ether oxygens (including phenoxy) is 2. The number of aliphatic carboxylic acids is 1. The molecule has 1 heterocycles. The fourth-order valence-corrected chi connectivity index (χ4v) is 2.64. The van der Waals surface area contributed by atoms with Gasteiger partial charge in [0.1, 0.15) is 6.10 Å². The number of benzene rings is 1. The second-order valence-electron chi connectivity index (χ2n) is 5.28. The van der Waals surface area contributed by atoms with Gasteiger partial charge in [-0.15, -0.1) is 0 Å². The molecule has 1 aromatic rings. The number of methoxy groups -OCH3 is 1. The molecule has 1 aliphatic heterocycles. The minimum absolute atomic E-state index is 0.187. The predicted octanol–water partition coefficient (Wildman–Crippen LogP) is 2.40. The average molecular weight is 293 g/mol. The van der Waals surface area contributed by atoms with Gasteiger partial charge in [-0.2, -0.15) is 0 Å². The lowest BCUT2D eigenvalue weighted by Gasteiger charge is -2.25. The van der Waals surface area contributed by atoms with Crippen molar-refractivity contribution in [3.05, 3.63) is 23.8 Å². The van der Waals surface area contributed by atoms with Gasteiger partial charge in [-0.1, -0.05) is 13.0 Å². The number of hydrogen-bond donors (Lipinski definition) is 2. The second kappa shape index (κ2) is 7.31. The Hall–Kier alpha value is -1.75. The van der Waals surface area contributed by atoms with E-state index >= 15 is 0 Å². The van der Waals surface area contributed by atoms with Gasteiger partial charge >= 0.3 is 5.97 Å². The van der Waals surface area contributed by atoms with Crippen LogP contribution in [-0.2, 0) is 4.79 Å². The molecule has 5 heteroatoms. The van der Waals surface area contributed by atoms with Crippen LogP contribution in [-0.4, -0.2) is 37.4 Å². The van der Waals surface area contributed by atoms with E-state index in [1.165, 1.54) is 0 Å². The quantitative estimate of drug-likeness (QED) is 0.843. The monoisotopic (exact) mass is 293 g/mol. The summed E-state index contributed by atoms with van der Waals surface area (Å²) in [5, 5.41) is 12.5. The van der Waals surface area contributed by atoms with Gasteiger partial charge < -0.3 is 19.9 Å². The molecule has 2 rings (SSSR count). The van der Waals surface area contributed by atoms with E-state index in [1.807, 2.05) is 19.1 Å². The highest BCUT2D eigenvalue weighted by Gasteiger charge is 2.21. The average Bonchev–Trinajstić information content (AvgIpc) is 2.50. The highest BCUT2D eigenvalue weighted by Crippen LogP contribution is 2.33. The van der Waals surface area contributed by atoms with Crippen LogP contribution in [0.1, 0.15) is 37.7 Å². The van der Waals surface area contributed by atoms with Crippen molar-refractivity contribution < 1.29 is 19.4 Å². The molecule has 0 aromatic heterocycles. The van der Waals surface area contributed by atoms with Crippen LogP contribution in [0.2, 0.25) is 0 Å². The Morgan fingerprint density at radius 3 is 2.67 bits per heavy atom. The molecule has 1 fully saturated rings. The first-order valence-electron chi connectivity index (χ1n) is 7.43. The van der Waals surface area contributed by atoms with Gasteiger partial charge in [-0.3, -0.25) is 4.79 Å². The van der Waals surface area contributed by atoms with Crippen molar-refractivity contribution in [3.63, 3.8) is 0 Å². The molecule has 1 aliphatic rings. The van der Waals surface area contributed by atoms with Crippen molar-refractivity contribution in [2.24, 2.45) is 0 Å². The number of rotatable bonds is 6. The zero-order chi connectivity index (χ0) is 15.2. The summed E-state index contributed by atoms with van der Waals surface area (Å²) >= 11 is 0. The fourth-order valence-electron chi connectivity index (χ4n) is 2.64. The van der Waals surface area contributed by atoms with Crippen molar-refractivity contribution in [2.45, 2.75) is 38.2 Å². The van der Waals surface area contributed by atoms with Gasteiger partial charge in [0.25, 0.3) is 0 Å². The van der Waals surface area contributed by atoms with Crippen LogP contribution in [0, 0.1) is 0 Å². The zero-order valence-corrected chi connectivity index (χ0v) is 12.6. The summed E-state index contributed by atoms with van der Waals surface area (Å²) < 4.78 is 11.4. The fraction of sp³-hybridized carbons (Fsp3) is 0.562. The summed E-state index contributed by atoms with van der Waals surface area (Å²) in [4.78, 5) is 11.3. The first kappa shape index (κ1) is 15.6. The number of carbonyl (C=O) groups is 1. The van der Waals surface area contributed by atoms with Crippen LogP contribution in [0.15, 0.2) is 18.2 Å². The molecule has 1 aromatic carbocycles. The molecule has 116 valence electrons. The summed E-state index contributed by atoms with van der Waals surface area (Å²) in [5.74, 6) is -0.0301. The highest BCUT2D eigenvalue weighted by atomic mass is 16.5. The maximum Gasteiger partial charge on any atom is 0.310 e. The van der Waals surface area contributed by atoms with Crippen molar-refractivity contribution in [2.75, 3.05) is 20.2 Å². The zero-order valence-electron chi connectivity index (χ0n) is 12.6. The van der Waals surface area contributed by atoms with Gasteiger partial charge in [0, 0.05) is 0 Å². The molecule has 0 radical (unpaired) electrons. The molecule has 0 amide bonds. The molecular weight excluding hydrogens is 270 g/mol. The van der Waals surface area contributed by atoms with Gasteiger partial charge in [0.15, 0.2) is 11.5 Å². The summed E-state index contributed by atoms with van der Waals surface area (Å²) in [6.45, 7) is 3.79. The molecule has 0 aliphatic carbocycles. The number of nitrogens with one attached hydrogen (secondary N) is 1. The summed E-state index contributed by atoms with van der Waals surface area (Å²) in [7, 11) is 1.58. The standard InChI is InChI=1S/C16H23NO4/c1-3-13(16(18)19)11-4-5-14(15(10-11)20-2)21-12-6-8-17-9-7-12/h4-5,10,12-13,17H,3,6-9H2,1-2H3,(H,18,19). The minimum Gasteiger partial charge on any atom is -0.493 e. The number of carboxylic acids is 1. The smallest absolute Gasteiger partial charge is 0.310 e. The van der Waals surface area contributed by atoms with Crippen LogP contribution in [0.25, 0.3) is 0 Å². The van der Waals surface area contributed by atoms with Gasteiger partial charge in [0.2, 0.25) is 0 Å². The third-order valence-corrected chi connectivity index (χ3v) is 3.88. The molecular formula is C16H23NO4. The van der Waals surface area contributed by atoms with Crippen molar-refractivity contribution in [3.8, 4) is 11.5 Å². The van der Waals surface area contributed by atoms with E-state index in [1.54, 1.807) is 13.2 Å². The minimum atomic E-state index is -0.813. The van der Waals surface area contributed by atoms with E-state index < -0.39 is 11.9 Å². The molecule has 1 atom stereocenters. The first-order valence-corrected chi connectivity index (χ1v) is 7.43. The van der Waals surface area contributed by atoms with Crippen molar-refractivity contribution in [1.29, 1.82) is 0 Å². The SMILES string of the molecule is CCC(C(=O)O)c1ccc(OC2CCNCC2)c(OC)c1. The topological polar surface area (TPSA) is 67.8 Å².